The Balaban J connectivity index is 1.70. The molecule has 0 atom stereocenters. The van der Waals surface area contributed by atoms with Gasteiger partial charge < -0.3 is 4.90 Å². The molecule has 0 saturated heterocycles. The maximum atomic E-state index is 9.59. The number of nitriles is 1. The van der Waals surface area contributed by atoms with Crippen molar-refractivity contribution in [2.75, 3.05) is 4.90 Å². The van der Waals surface area contributed by atoms with Crippen LogP contribution in [0.25, 0.3) is 0 Å². The zero-order valence-electron chi connectivity index (χ0n) is 15.1. The molecule has 3 heteroatoms. The molecule has 0 heterocycles. The van der Waals surface area contributed by atoms with Crippen LogP contribution in [0.15, 0.2) is 78.9 Å². The molecular formula is C24H21ClN2. The van der Waals surface area contributed by atoms with Gasteiger partial charge in [0.15, 0.2) is 0 Å². The fraction of sp³-hybridized carbons (Fsp3) is 0.208. The summed E-state index contributed by atoms with van der Waals surface area (Å²) in [6, 6.07) is 29.5. The number of anilines is 1. The second-order valence-corrected chi connectivity index (χ2v) is 7.66. The summed E-state index contributed by atoms with van der Waals surface area (Å²) in [5.41, 5.74) is 4.25. The van der Waals surface area contributed by atoms with Crippen LogP contribution in [0.1, 0.15) is 29.5 Å². The summed E-state index contributed by atoms with van der Waals surface area (Å²) in [6.07, 6.45) is 1.83. The van der Waals surface area contributed by atoms with E-state index in [-0.39, 0.29) is 5.41 Å². The highest BCUT2D eigenvalue weighted by atomic mass is 35.5. The lowest BCUT2D eigenvalue weighted by atomic mass is 9.97. The predicted octanol–water partition coefficient (Wildman–Crippen LogP) is 6.10. The van der Waals surface area contributed by atoms with E-state index in [0.29, 0.717) is 5.02 Å². The van der Waals surface area contributed by atoms with Gasteiger partial charge in [0, 0.05) is 23.8 Å². The van der Waals surface area contributed by atoms with Crippen molar-refractivity contribution in [3.05, 3.63) is 101 Å². The highest BCUT2D eigenvalue weighted by Gasteiger charge is 2.45. The first-order valence-corrected chi connectivity index (χ1v) is 9.61. The van der Waals surface area contributed by atoms with Gasteiger partial charge in [-0.05, 0) is 47.7 Å². The molecule has 0 unspecified atom stereocenters. The normalized spacial score (nSPS) is 14.4. The van der Waals surface area contributed by atoms with Crippen LogP contribution in [0.5, 0.6) is 0 Å². The third kappa shape index (κ3) is 3.99. The van der Waals surface area contributed by atoms with E-state index in [1.807, 2.05) is 24.3 Å². The summed E-state index contributed by atoms with van der Waals surface area (Å²) in [5, 5.41) is 10.3. The van der Waals surface area contributed by atoms with E-state index in [4.69, 9.17) is 11.6 Å². The van der Waals surface area contributed by atoms with Gasteiger partial charge in [-0.25, -0.2) is 0 Å². The summed E-state index contributed by atoms with van der Waals surface area (Å²) >= 11 is 6.45. The number of rotatable bonds is 6. The first-order chi connectivity index (χ1) is 13.2. The van der Waals surface area contributed by atoms with Crippen molar-refractivity contribution in [1.29, 1.82) is 5.26 Å². The summed E-state index contributed by atoms with van der Waals surface area (Å²) in [5.74, 6) is 0. The molecule has 0 aliphatic heterocycles. The van der Waals surface area contributed by atoms with Gasteiger partial charge in [-0.15, -0.1) is 0 Å². The summed E-state index contributed by atoms with van der Waals surface area (Å²) < 4.78 is 0. The lowest BCUT2D eigenvalue weighted by molar-refractivity contribution is 0.796. The number of halogens is 1. The third-order valence-electron chi connectivity index (χ3n) is 5.20. The first-order valence-electron chi connectivity index (χ1n) is 9.24. The molecule has 2 nitrogen and oxygen atoms in total. The monoisotopic (exact) mass is 372 g/mol. The quantitative estimate of drug-likeness (QED) is 0.522. The third-order valence-corrected chi connectivity index (χ3v) is 5.42. The molecule has 1 fully saturated rings. The second-order valence-electron chi connectivity index (χ2n) is 7.22. The fourth-order valence-electron chi connectivity index (χ4n) is 3.47. The van der Waals surface area contributed by atoms with Crippen molar-refractivity contribution in [3.8, 4) is 6.07 Å². The SMILES string of the molecule is N#CC1(c2cc(Cl)cc(N(Cc3ccccc3)Cc3ccccc3)c2)CC1. The molecule has 1 saturated carbocycles. The minimum atomic E-state index is -0.342. The number of hydrogen-bond donors (Lipinski definition) is 0. The van der Waals surface area contributed by atoms with Crippen LogP contribution in [0.4, 0.5) is 5.69 Å². The van der Waals surface area contributed by atoms with Crippen LogP contribution >= 0.6 is 11.6 Å². The standard InChI is InChI=1S/C24H21ClN2/c25-22-13-21(24(18-26)11-12-24)14-23(15-22)27(16-19-7-3-1-4-8-19)17-20-9-5-2-6-10-20/h1-10,13-15H,11-12,16-17H2. The molecule has 0 N–H and O–H groups in total. The molecule has 0 spiro atoms. The molecule has 0 radical (unpaired) electrons. The van der Waals surface area contributed by atoms with Crippen molar-refractivity contribution in [3.63, 3.8) is 0 Å². The van der Waals surface area contributed by atoms with Gasteiger partial charge in [-0.2, -0.15) is 5.26 Å². The molecule has 134 valence electrons. The Morgan fingerprint density at radius 3 is 1.89 bits per heavy atom. The predicted molar refractivity (Wildman–Crippen MR) is 111 cm³/mol. The highest BCUT2D eigenvalue weighted by molar-refractivity contribution is 6.31. The lowest BCUT2D eigenvalue weighted by Crippen LogP contribution is -2.22. The fourth-order valence-corrected chi connectivity index (χ4v) is 3.70. The molecule has 3 aromatic rings. The van der Waals surface area contributed by atoms with Crippen molar-refractivity contribution < 1.29 is 0 Å². The lowest BCUT2D eigenvalue weighted by Gasteiger charge is -2.26. The molecular weight excluding hydrogens is 352 g/mol. The zero-order chi connectivity index (χ0) is 18.7. The van der Waals surface area contributed by atoms with E-state index in [2.05, 4.69) is 65.6 Å². The van der Waals surface area contributed by atoms with Gasteiger partial charge in [0.2, 0.25) is 0 Å². The Kier molecular flexibility index (Phi) is 4.88. The van der Waals surface area contributed by atoms with Crippen molar-refractivity contribution in [1.82, 2.24) is 0 Å². The van der Waals surface area contributed by atoms with Crippen LogP contribution in [0.2, 0.25) is 5.02 Å². The maximum Gasteiger partial charge on any atom is 0.0825 e. The molecule has 1 aliphatic carbocycles. The van der Waals surface area contributed by atoms with E-state index in [1.54, 1.807) is 0 Å². The van der Waals surface area contributed by atoms with Crippen molar-refractivity contribution in [2.45, 2.75) is 31.3 Å². The minimum absolute atomic E-state index is 0.342. The van der Waals surface area contributed by atoms with E-state index < -0.39 is 0 Å². The van der Waals surface area contributed by atoms with Gasteiger partial charge in [0.1, 0.15) is 0 Å². The molecule has 3 aromatic carbocycles. The average Bonchev–Trinajstić information content (AvgIpc) is 3.50. The Hall–Kier alpha value is -2.76. The molecule has 4 rings (SSSR count). The Morgan fingerprint density at radius 1 is 0.852 bits per heavy atom. The first kappa shape index (κ1) is 17.6. The number of nitrogens with zero attached hydrogens (tertiary/aromatic N) is 2. The van der Waals surface area contributed by atoms with Gasteiger partial charge in [0.25, 0.3) is 0 Å². The smallest absolute Gasteiger partial charge is 0.0825 e. The summed E-state index contributed by atoms with van der Waals surface area (Å²) in [4.78, 5) is 2.33. The molecule has 0 bridgehead atoms. The Labute approximate surface area is 165 Å². The average molecular weight is 373 g/mol. The van der Waals surface area contributed by atoms with E-state index in [0.717, 1.165) is 37.2 Å². The topological polar surface area (TPSA) is 27.0 Å². The van der Waals surface area contributed by atoms with E-state index in [9.17, 15) is 5.26 Å². The Morgan fingerprint density at radius 2 is 1.41 bits per heavy atom. The van der Waals surface area contributed by atoms with Gasteiger partial charge >= 0.3 is 0 Å². The van der Waals surface area contributed by atoms with Gasteiger partial charge in [-0.1, -0.05) is 72.3 Å². The van der Waals surface area contributed by atoms with Crippen LogP contribution < -0.4 is 4.90 Å². The largest absolute Gasteiger partial charge is 0.363 e. The van der Waals surface area contributed by atoms with Crippen molar-refractivity contribution >= 4 is 17.3 Å². The molecule has 0 amide bonds. The summed E-state index contributed by atoms with van der Waals surface area (Å²) in [6.45, 7) is 1.57. The van der Waals surface area contributed by atoms with E-state index >= 15 is 0 Å². The molecule has 27 heavy (non-hydrogen) atoms. The van der Waals surface area contributed by atoms with Crippen LogP contribution in [0.3, 0.4) is 0 Å². The number of benzene rings is 3. The molecule has 0 aromatic heterocycles. The zero-order valence-corrected chi connectivity index (χ0v) is 15.9. The van der Waals surface area contributed by atoms with Crippen molar-refractivity contribution in [2.24, 2.45) is 0 Å². The van der Waals surface area contributed by atoms with Gasteiger partial charge in [-0.3, -0.25) is 0 Å². The minimum Gasteiger partial charge on any atom is -0.363 e. The maximum absolute atomic E-state index is 9.59. The van der Waals surface area contributed by atoms with E-state index in [1.165, 1.54) is 11.1 Å². The van der Waals surface area contributed by atoms with Crippen LogP contribution in [-0.4, -0.2) is 0 Å². The van der Waals surface area contributed by atoms with Crippen LogP contribution in [-0.2, 0) is 18.5 Å². The second kappa shape index (κ2) is 7.47. The van der Waals surface area contributed by atoms with Crippen LogP contribution in [0, 0.1) is 11.3 Å². The number of hydrogen-bond acceptors (Lipinski definition) is 2. The summed E-state index contributed by atoms with van der Waals surface area (Å²) in [7, 11) is 0. The highest BCUT2D eigenvalue weighted by Crippen LogP contribution is 2.49. The molecule has 1 aliphatic rings. The Bertz CT molecular complexity index is 915. The van der Waals surface area contributed by atoms with Gasteiger partial charge in [0.05, 0.1) is 11.5 Å².